The summed E-state index contributed by atoms with van der Waals surface area (Å²) in [6.07, 6.45) is -4.93. The van der Waals surface area contributed by atoms with Crippen molar-refractivity contribution < 1.29 is 32.4 Å². The monoisotopic (exact) mass is 279 g/mol. The number of nitro groups is 1. The summed E-state index contributed by atoms with van der Waals surface area (Å²) in [4.78, 5) is 20.9. The Balaban J connectivity index is 3.62. The molecular weight excluding hydrogens is 271 g/mol. The summed E-state index contributed by atoms with van der Waals surface area (Å²) >= 11 is 0. The number of esters is 1. The van der Waals surface area contributed by atoms with E-state index >= 15 is 0 Å². The molecule has 0 atom stereocenters. The van der Waals surface area contributed by atoms with Gasteiger partial charge in [-0.25, -0.2) is 4.79 Å². The lowest BCUT2D eigenvalue weighted by Gasteiger charge is -2.12. The highest BCUT2D eigenvalue weighted by Crippen LogP contribution is 2.39. The van der Waals surface area contributed by atoms with Crippen LogP contribution in [0.1, 0.15) is 15.9 Å². The number of alkyl halides is 3. The van der Waals surface area contributed by atoms with Crippen LogP contribution in [0.2, 0.25) is 0 Å². The Labute approximate surface area is 104 Å². The molecule has 0 fully saturated rings. The fourth-order valence-corrected chi connectivity index (χ4v) is 1.39. The molecule has 0 saturated carbocycles. The summed E-state index contributed by atoms with van der Waals surface area (Å²) < 4.78 is 47.1. The van der Waals surface area contributed by atoms with Crippen molar-refractivity contribution in [2.75, 3.05) is 14.2 Å². The van der Waals surface area contributed by atoms with E-state index in [-0.39, 0.29) is 6.07 Å². The Morgan fingerprint density at radius 3 is 2.26 bits per heavy atom. The van der Waals surface area contributed by atoms with Crippen LogP contribution in [-0.4, -0.2) is 25.1 Å². The molecule has 104 valence electrons. The van der Waals surface area contributed by atoms with Crippen LogP contribution in [0, 0.1) is 10.1 Å². The molecule has 0 aliphatic rings. The predicted octanol–water partition coefficient (Wildman–Crippen LogP) is 2.41. The zero-order chi connectivity index (χ0) is 14.8. The minimum absolute atomic E-state index is 0.241. The SMILES string of the molecule is COC(=O)c1cc(OC)c([N+](=O)[O-])cc1C(F)(F)F. The van der Waals surface area contributed by atoms with Crippen molar-refractivity contribution in [3.63, 3.8) is 0 Å². The van der Waals surface area contributed by atoms with E-state index < -0.39 is 39.6 Å². The molecule has 0 heterocycles. The minimum Gasteiger partial charge on any atom is -0.490 e. The van der Waals surface area contributed by atoms with Crippen LogP contribution in [0.4, 0.5) is 18.9 Å². The maximum absolute atomic E-state index is 12.8. The van der Waals surface area contributed by atoms with Gasteiger partial charge in [0.25, 0.3) is 0 Å². The third-order valence-corrected chi connectivity index (χ3v) is 2.23. The van der Waals surface area contributed by atoms with E-state index in [4.69, 9.17) is 0 Å². The van der Waals surface area contributed by atoms with E-state index in [1.807, 2.05) is 0 Å². The zero-order valence-electron chi connectivity index (χ0n) is 9.78. The van der Waals surface area contributed by atoms with Crippen molar-refractivity contribution in [1.29, 1.82) is 0 Å². The summed E-state index contributed by atoms with van der Waals surface area (Å²) in [5.74, 6) is -1.72. The molecule has 0 aliphatic heterocycles. The number of carbonyl (C=O) groups excluding carboxylic acids is 1. The van der Waals surface area contributed by atoms with Gasteiger partial charge in [0.1, 0.15) is 0 Å². The number of benzene rings is 1. The molecule has 1 rings (SSSR count). The summed E-state index contributed by atoms with van der Waals surface area (Å²) in [7, 11) is 1.94. The largest absolute Gasteiger partial charge is 0.490 e. The number of halogens is 3. The molecule has 0 radical (unpaired) electrons. The maximum Gasteiger partial charge on any atom is 0.417 e. The first-order valence-corrected chi connectivity index (χ1v) is 4.74. The quantitative estimate of drug-likeness (QED) is 0.482. The third-order valence-electron chi connectivity index (χ3n) is 2.23. The maximum atomic E-state index is 12.8. The third kappa shape index (κ3) is 2.92. The number of ether oxygens (including phenoxy) is 2. The van der Waals surface area contributed by atoms with Crippen molar-refractivity contribution >= 4 is 11.7 Å². The fourth-order valence-electron chi connectivity index (χ4n) is 1.39. The Kier molecular flexibility index (Phi) is 3.98. The molecular formula is C10H8F3NO5. The van der Waals surface area contributed by atoms with Crippen LogP contribution in [0.3, 0.4) is 0 Å². The van der Waals surface area contributed by atoms with Crippen molar-refractivity contribution in [3.05, 3.63) is 33.4 Å². The topological polar surface area (TPSA) is 78.7 Å². The van der Waals surface area contributed by atoms with E-state index in [1.54, 1.807) is 0 Å². The molecule has 1 aromatic rings. The second kappa shape index (κ2) is 5.12. The summed E-state index contributed by atoms with van der Waals surface area (Å²) in [6, 6.07) is 0.873. The molecule has 9 heteroatoms. The fraction of sp³-hybridized carbons (Fsp3) is 0.300. The van der Waals surface area contributed by atoms with E-state index in [0.717, 1.165) is 14.2 Å². The van der Waals surface area contributed by atoms with Gasteiger partial charge in [0, 0.05) is 12.1 Å². The number of hydrogen-bond donors (Lipinski definition) is 0. The number of nitrogens with zero attached hydrogens (tertiary/aromatic N) is 1. The van der Waals surface area contributed by atoms with Gasteiger partial charge in [-0.2, -0.15) is 13.2 Å². The molecule has 0 aromatic heterocycles. The number of hydrogen-bond acceptors (Lipinski definition) is 5. The van der Waals surface area contributed by atoms with Gasteiger partial charge in [-0.15, -0.1) is 0 Å². The molecule has 0 saturated heterocycles. The molecule has 0 bridgehead atoms. The summed E-state index contributed by atoms with van der Waals surface area (Å²) in [5, 5.41) is 10.7. The van der Waals surface area contributed by atoms with E-state index in [2.05, 4.69) is 9.47 Å². The first-order chi connectivity index (χ1) is 8.72. The molecule has 0 amide bonds. The van der Waals surface area contributed by atoms with E-state index in [0.29, 0.717) is 6.07 Å². The first-order valence-electron chi connectivity index (χ1n) is 4.74. The smallest absolute Gasteiger partial charge is 0.417 e. The first kappa shape index (κ1) is 14.7. The van der Waals surface area contributed by atoms with Crippen molar-refractivity contribution in [2.24, 2.45) is 0 Å². The molecule has 0 aliphatic carbocycles. The van der Waals surface area contributed by atoms with Crippen LogP contribution in [-0.2, 0) is 10.9 Å². The van der Waals surface area contributed by atoms with Crippen LogP contribution in [0.25, 0.3) is 0 Å². The molecule has 19 heavy (non-hydrogen) atoms. The lowest BCUT2D eigenvalue weighted by atomic mass is 10.1. The second-order valence-corrected chi connectivity index (χ2v) is 3.32. The number of methoxy groups -OCH3 is 2. The van der Waals surface area contributed by atoms with E-state index in [1.165, 1.54) is 0 Å². The van der Waals surface area contributed by atoms with Gasteiger partial charge in [-0.05, 0) is 0 Å². The van der Waals surface area contributed by atoms with Crippen LogP contribution in [0.5, 0.6) is 5.75 Å². The van der Waals surface area contributed by atoms with Gasteiger partial charge in [0.2, 0.25) is 0 Å². The molecule has 6 nitrogen and oxygen atoms in total. The van der Waals surface area contributed by atoms with Gasteiger partial charge in [-0.1, -0.05) is 0 Å². The van der Waals surface area contributed by atoms with Gasteiger partial charge >= 0.3 is 17.8 Å². The minimum atomic E-state index is -4.93. The Bertz CT molecular complexity index is 527. The average molecular weight is 279 g/mol. The highest BCUT2D eigenvalue weighted by atomic mass is 19.4. The van der Waals surface area contributed by atoms with Gasteiger partial charge < -0.3 is 9.47 Å². The van der Waals surface area contributed by atoms with Crippen LogP contribution < -0.4 is 4.74 Å². The van der Waals surface area contributed by atoms with Gasteiger partial charge in [0.15, 0.2) is 5.75 Å². The van der Waals surface area contributed by atoms with Crippen molar-refractivity contribution in [2.45, 2.75) is 6.18 Å². The molecule has 0 N–H and O–H groups in total. The van der Waals surface area contributed by atoms with Gasteiger partial charge in [-0.3, -0.25) is 10.1 Å². The Morgan fingerprint density at radius 1 is 1.32 bits per heavy atom. The lowest BCUT2D eigenvalue weighted by molar-refractivity contribution is -0.386. The summed E-state index contributed by atoms with van der Waals surface area (Å²) in [6.45, 7) is 0. The second-order valence-electron chi connectivity index (χ2n) is 3.32. The predicted molar refractivity (Wildman–Crippen MR) is 56.0 cm³/mol. The lowest BCUT2D eigenvalue weighted by Crippen LogP contribution is -2.15. The molecule has 0 spiro atoms. The van der Waals surface area contributed by atoms with Crippen LogP contribution in [0.15, 0.2) is 12.1 Å². The Hall–Kier alpha value is -2.32. The van der Waals surface area contributed by atoms with Crippen molar-refractivity contribution in [1.82, 2.24) is 0 Å². The molecule has 1 aromatic carbocycles. The standard InChI is InChI=1S/C10H8F3NO5/c1-18-8-3-5(9(15)19-2)6(10(11,12)13)4-7(8)14(16)17/h3-4H,1-2H3. The number of rotatable bonds is 3. The van der Waals surface area contributed by atoms with E-state index in [9.17, 15) is 28.1 Å². The van der Waals surface area contributed by atoms with Crippen molar-refractivity contribution in [3.8, 4) is 5.75 Å². The Morgan fingerprint density at radius 2 is 1.89 bits per heavy atom. The van der Waals surface area contributed by atoms with Gasteiger partial charge in [0.05, 0.1) is 30.3 Å². The molecule has 0 unspecified atom stereocenters. The summed E-state index contributed by atoms with van der Waals surface area (Å²) in [5.41, 5.74) is -3.19. The highest BCUT2D eigenvalue weighted by Gasteiger charge is 2.38. The number of nitro benzene ring substituents is 1. The number of carbonyl (C=O) groups is 1. The normalized spacial score (nSPS) is 11.0. The average Bonchev–Trinajstić information content (AvgIpc) is 2.34. The highest BCUT2D eigenvalue weighted by molar-refractivity contribution is 5.92. The zero-order valence-corrected chi connectivity index (χ0v) is 9.78. The van der Waals surface area contributed by atoms with Crippen LogP contribution >= 0.6 is 0 Å².